The molecule has 2 rings (SSSR count). The van der Waals surface area contributed by atoms with E-state index >= 15 is 0 Å². The highest BCUT2D eigenvalue weighted by atomic mass is 35.5. The molecule has 0 bridgehead atoms. The summed E-state index contributed by atoms with van der Waals surface area (Å²) in [5.41, 5.74) is 2.55. The lowest BCUT2D eigenvalue weighted by Gasteiger charge is -2.06. The second kappa shape index (κ2) is 5.33. The zero-order valence-corrected chi connectivity index (χ0v) is 11.0. The summed E-state index contributed by atoms with van der Waals surface area (Å²) in [6.45, 7) is 2.13. The van der Waals surface area contributed by atoms with Crippen molar-refractivity contribution in [2.75, 3.05) is 0 Å². The minimum atomic E-state index is 0.592. The number of hydrogen-bond acceptors (Lipinski definition) is 0. The van der Waals surface area contributed by atoms with Crippen LogP contribution in [0, 0.1) is 6.92 Å². The van der Waals surface area contributed by atoms with Crippen LogP contribution in [-0.2, 0) is 5.88 Å². The number of alkyl halides is 1. The number of benzene rings is 2. The van der Waals surface area contributed by atoms with E-state index in [0.29, 0.717) is 15.4 Å². The predicted octanol–water partition coefficient (Wildman–Crippen LogP) is 2.39. The van der Waals surface area contributed by atoms with Crippen LogP contribution in [0.25, 0.3) is 0 Å². The van der Waals surface area contributed by atoms with Gasteiger partial charge in [-0.3, -0.25) is 0 Å². The molecule has 2 aromatic carbocycles. The van der Waals surface area contributed by atoms with Crippen LogP contribution in [0.15, 0.2) is 48.5 Å². The van der Waals surface area contributed by atoms with Crippen molar-refractivity contribution in [3.63, 3.8) is 0 Å². The number of aryl methyl sites for hydroxylation is 1. The first kappa shape index (κ1) is 11.4. The molecule has 0 saturated carbocycles. The maximum Gasteiger partial charge on any atom is 0.121 e. The molecule has 0 heterocycles. The molecule has 0 aliphatic rings. The Morgan fingerprint density at radius 3 is 2.62 bits per heavy atom. The van der Waals surface area contributed by atoms with E-state index in [2.05, 4.69) is 49.4 Å². The van der Waals surface area contributed by atoms with Crippen LogP contribution < -0.4 is 10.4 Å². The van der Waals surface area contributed by atoms with E-state index in [1.165, 1.54) is 21.5 Å². The zero-order valence-electron chi connectivity index (χ0n) is 9.20. The summed E-state index contributed by atoms with van der Waals surface area (Å²) in [5, 5.41) is 2.72. The Hall–Kier alpha value is -1.05. The topological polar surface area (TPSA) is 0 Å². The SMILES string of the molecule is Cc1cccc([Si]c2ccccc2CCl)c1. The van der Waals surface area contributed by atoms with Crippen molar-refractivity contribution < 1.29 is 0 Å². The maximum atomic E-state index is 5.93. The van der Waals surface area contributed by atoms with Crippen LogP contribution in [0.1, 0.15) is 11.1 Å². The van der Waals surface area contributed by atoms with E-state index in [1.807, 2.05) is 6.07 Å². The molecule has 2 aromatic rings. The Bertz CT molecular complexity index is 480. The van der Waals surface area contributed by atoms with Crippen molar-refractivity contribution in [3.05, 3.63) is 59.7 Å². The quantitative estimate of drug-likeness (QED) is 0.575. The van der Waals surface area contributed by atoms with Crippen LogP contribution in [0.2, 0.25) is 0 Å². The van der Waals surface area contributed by atoms with E-state index in [9.17, 15) is 0 Å². The fourth-order valence-electron chi connectivity index (χ4n) is 1.64. The largest absolute Gasteiger partial charge is 0.122 e. The molecule has 0 saturated heterocycles. The molecule has 0 amide bonds. The molecule has 0 fully saturated rings. The molecule has 0 N–H and O–H groups in total. The lowest BCUT2D eigenvalue weighted by atomic mass is 10.2. The van der Waals surface area contributed by atoms with Gasteiger partial charge < -0.3 is 0 Å². The third-order valence-corrected chi connectivity index (χ3v) is 4.10. The molecule has 0 aliphatic heterocycles. The van der Waals surface area contributed by atoms with Crippen molar-refractivity contribution in [3.8, 4) is 0 Å². The smallest absolute Gasteiger partial charge is 0.121 e. The highest BCUT2D eigenvalue weighted by Gasteiger charge is 2.03. The van der Waals surface area contributed by atoms with E-state index in [-0.39, 0.29) is 0 Å². The van der Waals surface area contributed by atoms with Crippen LogP contribution >= 0.6 is 11.6 Å². The first-order chi connectivity index (χ1) is 7.79. The molecule has 0 unspecified atom stereocenters. The van der Waals surface area contributed by atoms with Gasteiger partial charge in [0, 0.05) is 5.88 Å². The fourth-order valence-corrected chi connectivity index (χ4v) is 3.28. The van der Waals surface area contributed by atoms with Gasteiger partial charge in [0.05, 0.1) is 0 Å². The van der Waals surface area contributed by atoms with Crippen molar-refractivity contribution in [2.24, 2.45) is 0 Å². The first-order valence-electron chi connectivity index (χ1n) is 5.27. The molecule has 16 heavy (non-hydrogen) atoms. The lowest BCUT2D eigenvalue weighted by molar-refractivity contribution is 1.44. The summed E-state index contributed by atoms with van der Waals surface area (Å²) in [4.78, 5) is 0. The Balaban J connectivity index is 2.26. The summed E-state index contributed by atoms with van der Waals surface area (Å²) in [6.07, 6.45) is 0. The van der Waals surface area contributed by atoms with Crippen LogP contribution in [0.4, 0.5) is 0 Å². The van der Waals surface area contributed by atoms with Gasteiger partial charge in [0.1, 0.15) is 9.52 Å². The fraction of sp³-hybridized carbons (Fsp3) is 0.143. The van der Waals surface area contributed by atoms with Gasteiger partial charge in [0.2, 0.25) is 0 Å². The molecular formula is C14H13ClSi. The van der Waals surface area contributed by atoms with Crippen molar-refractivity contribution in [1.82, 2.24) is 0 Å². The Morgan fingerprint density at radius 1 is 1.06 bits per heavy atom. The monoisotopic (exact) mass is 244 g/mol. The van der Waals surface area contributed by atoms with Crippen molar-refractivity contribution in [2.45, 2.75) is 12.8 Å². The average Bonchev–Trinajstić information content (AvgIpc) is 2.30. The summed E-state index contributed by atoms with van der Waals surface area (Å²) < 4.78 is 0. The van der Waals surface area contributed by atoms with E-state index in [4.69, 9.17) is 11.6 Å². The first-order valence-corrected chi connectivity index (χ1v) is 6.80. The molecule has 0 spiro atoms. The molecular weight excluding hydrogens is 232 g/mol. The van der Waals surface area contributed by atoms with Gasteiger partial charge in [0.15, 0.2) is 0 Å². The van der Waals surface area contributed by atoms with Gasteiger partial charge in [0.25, 0.3) is 0 Å². The van der Waals surface area contributed by atoms with Gasteiger partial charge in [-0.15, -0.1) is 11.6 Å². The molecule has 0 aromatic heterocycles. The lowest BCUT2D eigenvalue weighted by Crippen LogP contribution is -2.29. The van der Waals surface area contributed by atoms with Crippen LogP contribution in [0.3, 0.4) is 0 Å². The van der Waals surface area contributed by atoms with E-state index in [1.54, 1.807) is 0 Å². The van der Waals surface area contributed by atoms with Crippen LogP contribution in [-0.4, -0.2) is 9.52 Å². The van der Waals surface area contributed by atoms with Gasteiger partial charge in [-0.2, -0.15) is 0 Å². The Kier molecular flexibility index (Phi) is 3.81. The molecule has 0 aliphatic carbocycles. The van der Waals surface area contributed by atoms with Crippen molar-refractivity contribution in [1.29, 1.82) is 0 Å². The molecule has 0 atom stereocenters. The summed E-state index contributed by atoms with van der Waals surface area (Å²) >= 11 is 5.93. The second-order valence-corrected chi connectivity index (χ2v) is 5.42. The van der Waals surface area contributed by atoms with E-state index < -0.39 is 0 Å². The minimum absolute atomic E-state index is 0.592. The third kappa shape index (κ3) is 2.74. The average molecular weight is 245 g/mol. The maximum absolute atomic E-state index is 5.93. The minimum Gasteiger partial charge on any atom is -0.122 e. The summed E-state index contributed by atoms with van der Waals surface area (Å²) in [7, 11) is 0.694. The van der Waals surface area contributed by atoms with Crippen LogP contribution in [0.5, 0.6) is 0 Å². The third-order valence-electron chi connectivity index (χ3n) is 2.46. The van der Waals surface area contributed by atoms with Gasteiger partial charge in [-0.05, 0) is 12.5 Å². The van der Waals surface area contributed by atoms with Gasteiger partial charge >= 0.3 is 0 Å². The molecule has 80 valence electrons. The highest BCUT2D eigenvalue weighted by molar-refractivity contribution is 6.67. The predicted molar refractivity (Wildman–Crippen MR) is 72.2 cm³/mol. The number of halogens is 1. The Labute approximate surface area is 104 Å². The van der Waals surface area contributed by atoms with Gasteiger partial charge in [-0.1, -0.05) is 64.5 Å². The second-order valence-electron chi connectivity index (χ2n) is 3.79. The highest BCUT2D eigenvalue weighted by Crippen LogP contribution is 2.00. The summed E-state index contributed by atoms with van der Waals surface area (Å²) in [6, 6.07) is 17.0. The normalized spacial score (nSPS) is 10.4. The molecule has 2 radical (unpaired) electrons. The van der Waals surface area contributed by atoms with E-state index in [0.717, 1.165) is 0 Å². The van der Waals surface area contributed by atoms with Crippen molar-refractivity contribution >= 4 is 31.5 Å². The molecule has 2 heteroatoms. The number of rotatable bonds is 3. The number of hydrogen-bond donors (Lipinski definition) is 0. The van der Waals surface area contributed by atoms with Gasteiger partial charge in [-0.25, -0.2) is 0 Å². The zero-order chi connectivity index (χ0) is 11.4. The molecule has 0 nitrogen and oxygen atoms in total. The summed E-state index contributed by atoms with van der Waals surface area (Å²) in [5.74, 6) is 0.592. The Morgan fingerprint density at radius 2 is 1.88 bits per heavy atom. The standard InChI is InChI=1S/C14H13ClSi/c1-11-5-4-7-13(9-11)16-14-8-3-2-6-12(14)10-15/h2-9H,10H2,1H3.